The lowest BCUT2D eigenvalue weighted by Gasteiger charge is -2.26. The van der Waals surface area contributed by atoms with Gasteiger partial charge < -0.3 is 20.3 Å². The molecule has 2 N–H and O–H groups in total. The predicted octanol–water partition coefficient (Wildman–Crippen LogP) is 0.874. The summed E-state index contributed by atoms with van der Waals surface area (Å²) < 4.78 is 5.86. The molecule has 124 valence electrons. The number of carbonyl (C=O) groups excluding carboxylic acids is 1. The summed E-state index contributed by atoms with van der Waals surface area (Å²) in [6.45, 7) is 4.85. The Morgan fingerprint density at radius 1 is 1.27 bits per heavy atom. The van der Waals surface area contributed by atoms with Gasteiger partial charge in [-0.15, -0.1) is 0 Å². The number of aliphatic imine (C=N–C) groups is 1. The average Bonchev–Trinajstić information content (AvgIpc) is 3.16. The van der Waals surface area contributed by atoms with Crippen molar-refractivity contribution in [3.05, 3.63) is 0 Å². The molecule has 3 unspecified atom stereocenters. The molecular weight excluding hydrogens is 280 g/mol. The zero-order valence-electron chi connectivity index (χ0n) is 13.5. The van der Waals surface area contributed by atoms with Gasteiger partial charge in [-0.3, -0.25) is 4.79 Å². The van der Waals surface area contributed by atoms with E-state index in [0.29, 0.717) is 18.2 Å². The van der Waals surface area contributed by atoms with Crippen molar-refractivity contribution in [3.63, 3.8) is 0 Å². The van der Waals surface area contributed by atoms with E-state index in [1.807, 2.05) is 11.8 Å². The molecule has 3 atom stereocenters. The van der Waals surface area contributed by atoms with Gasteiger partial charge in [-0.2, -0.15) is 0 Å². The smallest absolute Gasteiger partial charge is 0.244 e. The van der Waals surface area contributed by atoms with E-state index in [1.54, 1.807) is 0 Å². The highest BCUT2D eigenvalue weighted by Gasteiger charge is 2.41. The molecule has 3 saturated heterocycles. The second-order valence-electron chi connectivity index (χ2n) is 6.50. The fourth-order valence-electron chi connectivity index (χ4n) is 3.68. The number of nitrogens with zero attached hydrogens (tertiary/aromatic N) is 2. The molecule has 6 nitrogen and oxygen atoms in total. The van der Waals surface area contributed by atoms with E-state index in [0.717, 1.165) is 51.3 Å². The van der Waals surface area contributed by atoms with E-state index >= 15 is 0 Å². The van der Waals surface area contributed by atoms with Gasteiger partial charge >= 0.3 is 0 Å². The third kappa shape index (κ3) is 3.72. The Morgan fingerprint density at radius 2 is 2.09 bits per heavy atom. The maximum absolute atomic E-state index is 12.2. The summed E-state index contributed by atoms with van der Waals surface area (Å²) in [5.41, 5.74) is 0. The summed E-state index contributed by atoms with van der Waals surface area (Å²) in [5.74, 6) is 0.884. The van der Waals surface area contributed by atoms with Crippen molar-refractivity contribution in [2.75, 3.05) is 26.2 Å². The summed E-state index contributed by atoms with van der Waals surface area (Å²) >= 11 is 0. The third-order valence-corrected chi connectivity index (χ3v) is 4.85. The molecule has 2 bridgehead atoms. The number of nitrogens with one attached hydrogen (secondary N) is 2. The number of rotatable bonds is 4. The van der Waals surface area contributed by atoms with Gasteiger partial charge in [0.2, 0.25) is 5.91 Å². The first-order valence-electron chi connectivity index (χ1n) is 8.74. The summed E-state index contributed by atoms with van der Waals surface area (Å²) in [5, 5.41) is 6.69. The second-order valence-corrected chi connectivity index (χ2v) is 6.50. The molecule has 0 saturated carbocycles. The monoisotopic (exact) mass is 308 g/mol. The SMILES string of the molecule is CCNC(=NCC(=O)N1CCCCC1)NC1CC2CCC1O2. The highest BCUT2D eigenvalue weighted by atomic mass is 16.5. The Labute approximate surface area is 132 Å². The van der Waals surface area contributed by atoms with Crippen molar-refractivity contribution < 1.29 is 9.53 Å². The molecule has 3 aliphatic heterocycles. The maximum atomic E-state index is 12.2. The van der Waals surface area contributed by atoms with Gasteiger partial charge in [-0.1, -0.05) is 0 Å². The van der Waals surface area contributed by atoms with Crippen LogP contribution in [0.3, 0.4) is 0 Å². The number of amides is 1. The van der Waals surface area contributed by atoms with Crippen LogP contribution in [-0.2, 0) is 9.53 Å². The number of ether oxygens (including phenoxy) is 1. The molecule has 3 heterocycles. The molecule has 3 aliphatic rings. The summed E-state index contributed by atoms with van der Waals surface area (Å²) in [6.07, 6.45) is 7.58. The lowest BCUT2D eigenvalue weighted by atomic mass is 9.96. The van der Waals surface area contributed by atoms with Crippen molar-refractivity contribution in [2.24, 2.45) is 4.99 Å². The Bertz CT molecular complexity index is 420. The molecule has 22 heavy (non-hydrogen) atoms. The van der Waals surface area contributed by atoms with Crippen molar-refractivity contribution in [1.82, 2.24) is 15.5 Å². The lowest BCUT2D eigenvalue weighted by Crippen LogP contribution is -2.48. The minimum absolute atomic E-state index is 0.140. The van der Waals surface area contributed by atoms with E-state index < -0.39 is 0 Å². The van der Waals surface area contributed by atoms with Crippen LogP contribution in [0, 0.1) is 0 Å². The molecule has 3 fully saturated rings. The first-order valence-corrected chi connectivity index (χ1v) is 8.74. The summed E-state index contributed by atoms with van der Waals surface area (Å²) in [6, 6.07) is 0.335. The van der Waals surface area contributed by atoms with Crippen LogP contribution in [0.15, 0.2) is 4.99 Å². The van der Waals surface area contributed by atoms with Gasteiger partial charge in [0.25, 0.3) is 0 Å². The van der Waals surface area contributed by atoms with E-state index in [2.05, 4.69) is 15.6 Å². The van der Waals surface area contributed by atoms with Crippen LogP contribution in [0.1, 0.15) is 45.4 Å². The molecule has 0 spiro atoms. The summed E-state index contributed by atoms with van der Waals surface area (Å²) in [7, 11) is 0. The maximum Gasteiger partial charge on any atom is 0.244 e. The van der Waals surface area contributed by atoms with Crippen LogP contribution in [0.4, 0.5) is 0 Å². The van der Waals surface area contributed by atoms with Crippen molar-refractivity contribution in [3.8, 4) is 0 Å². The number of likely N-dealkylation sites (tertiary alicyclic amines) is 1. The highest BCUT2D eigenvalue weighted by molar-refractivity contribution is 5.85. The minimum Gasteiger partial charge on any atom is -0.373 e. The quantitative estimate of drug-likeness (QED) is 0.597. The highest BCUT2D eigenvalue weighted by Crippen LogP contribution is 2.34. The van der Waals surface area contributed by atoms with E-state index in [4.69, 9.17) is 4.74 Å². The molecule has 0 aromatic carbocycles. The molecule has 0 radical (unpaired) electrons. The van der Waals surface area contributed by atoms with Crippen LogP contribution in [0.2, 0.25) is 0 Å². The number of piperidine rings is 1. The first-order chi connectivity index (χ1) is 10.8. The van der Waals surface area contributed by atoms with Crippen molar-refractivity contribution in [2.45, 2.75) is 63.7 Å². The van der Waals surface area contributed by atoms with E-state index in [1.165, 1.54) is 12.8 Å². The molecule has 6 heteroatoms. The Balaban J connectivity index is 1.52. The van der Waals surface area contributed by atoms with Crippen LogP contribution >= 0.6 is 0 Å². The van der Waals surface area contributed by atoms with Crippen molar-refractivity contribution >= 4 is 11.9 Å². The topological polar surface area (TPSA) is 66.0 Å². The van der Waals surface area contributed by atoms with Gasteiger partial charge in [-0.25, -0.2) is 4.99 Å². The van der Waals surface area contributed by atoms with Gasteiger partial charge in [0.15, 0.2) is 5.96 Å². The Morgan fingerprint density at radius 3 is 2.73 bits per heavy atom. The van der Waals surface area contributed by atoms with Crippen molar-refractivity contribution in [1.29, 1.82) is 0 Å². The van der Waals surface area contributed by atoms with Gasteiger partial charge in [0, 0.05) is 19.6 Å². The standard InChI is InChI=1S/C16H28N4O2/c1-2-17-16(19-13-10-12-6-7-14(13)22-12)18-11-15(21)20-8-4-3-5-9-20/h12-14H,2-11H2,1H3,(H2,17,18,19). The lowest BCUT2D eigenvalue weighted by molar-refractivity contribution is -0.130. The number of fused-ring (bicyclic) bond motifs is 2. The van der Waals surface area contributed by atoms with Gasteiger partial charge in [-0.05, 0) is 45.4 Å². The normalized spacial score (nSPS) is 31.4. The second kappa shape index (κ2) is 7.31. The van der Waals surface area contributed by atoms with E-state index in [-0.39, 0.29) is 12.5 Å². The van der Waals surface area contributed by atoms with Crippen LogP contribution < -0.4 is 10.6 Å². The molecule has 1 amide bonds. The summed E-state index contributed by atoms with van der Waals surface area (Å²) in [4.78, 5) is 18.6. The van der Waals surface area contributed by atoms with Crippen LogP contribution in [0.5, 0.6) is 0 Å². The average molecular weight is 308 g/mol. The zero-order valence-corrected chi connectivity index (χ0v) is 13.5. The number of hydrogen-bond donors (Lipinski definition) is 2. The number of hydrogen-bond acceptors (Lipinski definition) is 3. The number of guanidine groups is 1. The Kier molecular flexibility index (Phi) is 5.18. The molecule has 0 aliphatic carbocycles. The molecule has 0 aromatic rings. The zero-order chi connectivity index (χ0) is 15.4. The number of carbonyl (C=O) groups is 1. The fourth-order valence-corrected chi connectivity index (χ4v) is 3.68. The molecular formula is C16H28N4O2. The van der Waals surface area contributed by atoms with Crippen LogP contribution in [0.25, 0.3) is 0 Å². The van der Waals surface area contributed by atoms with Gasteiger partial charge in [0.1, 0.15) is 6.54 Å². The first kappa shape index (κ1) is 15.6. The van der Waals surface area contributed by atoms with E-state index in [9.17, 15) is 4.79 Å². The fraction of sp³-hybridized carbons (Fsp3) is 0.875. The minimum atomic E-state index is 0.140. The predicted molar refractivity (Wildman–Crippen MR) is 85.8 cm³/mol. The van der Waals surface area contributed by atoms with Gasteiger partial charge in [0.05, 0.1) is 18.2 Å². The third-order valence-electron chi connectivity index (χ3n) is 4.85. The Hall–Kier alpha value is -1.30. The molecule has 0 aromatic heterocycles. The molecule has 3 rings (SSSR count). The largest absolute Gasteiger partial charge is 0.373 e. The van der Waals surface area contributed by atoms with Crippen LogP contribution in [-0.4, -0.2) is 61.2 Å².